The summed E-state index contributed by atoms with van der Waals surface area (Å²) < 4.78 is 0. The number of rotatable bonds is 3. The molecule has 1 aliphatic carbocycles. The molecule has 6 N–H and O–H groups in total. The fraction of sp³-hybridized carbons (Fsp3) is 0.583. The highest BCUT2D eigenvalue weighted by Crippen LogP contribution is 2.21. The maximum Gasteiger partial charge on any atom is 0.111 e. The zero-order chi connectivity index (χ0) is 14.0. The third-order valence-corrected chi connectivity index (χ3v) is 3.38. The van der Waals surface area contributed by atoms with Crippen LogP contribution in [0.4, 0.5) is 0 Å². The topological polar surface area (TPSA) is 126 Å². The molecule has 0 spiro atoms. The average molecular weight is 270 g/mol. The van der Waals surface area contributed by atoms with Crippen LogP contribution >= 0.6 is 0 Å². The van der Waals surface area contributed by atoms with Crippen LogP contribution in [0.1, 0.15) is 5.69 Å². The Balaban J connectivity index is 2.02. The van der Waals surface area contributed by atoms with E-state index in [-0.39, 0.29) is 6.54 Å². The van der Waals surface area contributed by atoms with E-state index in [1.807, 2.05) is 0 Å². The number of nitrogens with one attached hydrogen (secondary N) is 1. The van der Waals surface area contributed by atoms with E-state index in [1.165, 1.54) is 0 Å². The van der Waals surface area contributed by atoms with Gasteiger partial charge in [-0.1, -0.05) is 6.07 Å². The second-order valence-corrected chi connectivity index (χ2v) is 4.68. The largest absolute Gasteiger partial charge is 0.389 e. The molecule has 0 aliphatic heterocycles. The van der Waals surface area contributed by atoms with Crippen LogP contribution in [0.25, 0.3) is 0 Å². The molecule has 1 saturated carbocycles. The van der Waals surface area contributed by atoms with Gasteiger partial charge < -0.3 is 30.8 Å². The van der Waals surface area contributed by atoms with Crippen LogP contribution in [-0.4, -0.2) is 67.1 Å². The van der Waals surface area contributed by atoms with Crippen LogP contribution in [0.2, 0.25) is 0 Å². The van der Waals surface area contributed by atoms with E-state index < -0.39 is 36.6 Å². The van der Waals surface area contributed by atoms with Gasteiger partial charge in [0.15, 0.2) is 0 Å². The van der Waals surface area contributed by atoms with Crippen molar-refractivity contribution in [2.75, 3.05) is 0 Å². The third kappa shape index (κ3) is 2.92. The molecule has 0 amide bonds. The number of aromatic nitrogens is 1. The van der Waals surface area contributed by atoms with Crippen molar-refractivity contribution in [2.45, 2.75) is 43.1 Å². The number of nitrogens with zero attached hydrogens (tertiary/aromatic N) is 1. The first-order valence-corrected chi connectivity index (χ1v) is 6.06. The van der Waals surface area contributed by atoms with Gasteiger partial charge in [0.2, 0.25) is 0 Å². The predicted molar refractivity (Wildman–Crippen MR) is 64.9 cm³/mol. The minimum absolute atomic E-state index is 0.259. The van der Waals surface area contributed by atoms with Crippen LogP contribution < -0.4 is 5.32 Å². The molecular formula is C12H18N2O5. The van der Waals surface area contributed by atoms with Crippen LogP contribution in [0, 0.1) is 0 Å². The van der Waals surface area contributed by atoms with E-state index in [0.717, 1.165) is 0 Å². The van der Waals surface area contributed by atoms with Crippen molar-refractivity contribution < 1.29 is 25.5 Å². The maximum absolute atomic E-state index is 9.81. The van der Waals surface area contributed by atoms with Crippen molar-refractivity contribution in [3.05, 3.63) is 30.1 Å². The SMILES string of the molecule is OC1[C@@H](O)[C@H](O)C(NCc2ccccn2)[C@H](O)[C@H]1O. The van der Waals surface area contributed by atoms with E-state index in [1.54, 1.807) is 24.4 Å². The van der Waals surface area contributed by atoms with E-state index in [0.29, 0.717) is 5.69 Å². The molecule has 0 aromatic carbocycles. The monoisotopic (exact) mass is 270 g/mol. The zero-order valence-electron chi connectivity index (χ0n) is 10.2. The Morgan fingerprint density at radius 3 is 2.00 bits per heavy atom. The van der Waals surface area contributed by atoms with Crippen molar-refractivity contribution in [3.63, 3.8) is 0 Å². The lowest BCUT2D eigenvalue weighted by atomic mass is 9.83. The van der Waals surface area contributed by atoms with Gasteiger partial charge in [-0.2, -0.15) is 0 Å². The summed E-state index contributed by atoms with van der Waals surface area (Å²) in [5, 5.41) is 51.0. The van der Waals surface area contributed by atoms with Gasteiger partial charge in [0.25, 0.3) is 0 Å². The summed E-state index contributed by atoms with van der Waals surface area (Å²) in [6.07, 6.45) is -5.75. The van der Waals surface area contributed by atoms with Crippen molar-refractivity contribution in [2.24, 2.45) is 0 Å². The molecule has 1 aromatic heterocycles. The molecule has 0 radical (unpaired) electrons. The number of hydrogen-bond donors (Lipinski definition) is 6. The number of pyridine rings is 1. The van der Waals surface area contributed by atoms with E-state index in [2.05, 4.69) is 10.3 Å². The molecule has 0 bridgehead atoms. The summed E-state index contributed by atoms with van der Waals surface area (Å²) in [4.78, 5) is 4.07. The maximum atomic E-state index is 9.81. The van der Waals surface area contributed by atoms with Crippen molar-refractivity contribution in [3.8, 4) is 0 Å². The number of aliphatic hydroxyl groups excluding tert-OH is 5. The van der Waals surface area contributed by atoms with Gasteiger partial charge in [-0.3, -0.25) is 4.98 Å². The smallest absolute Gasteiger partial charge is 0.111 e. The summed E-state index contributed by atoms with van der Waals surface area (Å²) in [5.74, 6) is 0. The summed E-state index contributed by atoms with van der Waals surface area (Å²) >= 11 is 0. The second-order valence-electron chi connectivity index (χ2n) is 4.68. The molecular weight excluding hydrogens is 252 g/mol. The Morgan fingerprint density at radius 1 is 0.895 bits per heavy atom. The number of aliphatic hydroxyl groups is 5. The minimum Gasteiger partial charge on any atom is -0.389 e. The first kappa shape index (κ1) is 14.3. The fourth-order valence-corrected chi connectivity index (χ4v) is 2.20. The molecule has 0 saturated heterocycles. The Labute approximate surface area is 110 Å². The van der Waals surface area contributed by atoms with Gasteiger partial charge >= 0.3 is 0 Å². The quantitative estimate of drug-likeness (QED) is 0.354. The molecule has 7 heteroatoms. The number of hydrogen-bond acceptors (Lipinski definition) is 7. The van der Waals surface area contributed by atoms with Crippen LogP contribution in [-0.2, 0) is 6.54 Å². The fourth-order valence-electron chi connectivity index (χ4n) is 2.20. The predicted octanol–water partition coefficient (Wildman–Crippen LogP) is -2.64. The van der Waals surface area contributed by atoms with Gasteiger partial charge in [-0.15, -0.1) is 0 Å². The van der Waals surface area contributed by atoms with Crippen molar-refractivity contribution in [1.29, 1.82) is 0 Å². The zero-order valence-corrected chi connectivity index (χ0v) is 10.2. The van der Waals surface area contributed by atoms with Gasteiger partial charge in [0.1, 0.15) is 30.5 Å². The molecule has 2 rings (SSSR count). The van der Waals surface area contributed by atoms with E-state index >= 15 is 0 Å². The lowest BCUT2D eigenvalue weighted by Gasteiger charge is -2.42. The Hall–Kier alpha value is -1.09. The summed E-state index contributed by atoms with van der Waals surface area (Å²) in [6, 6.07) is 4.37. The molecule has 6 atom stereocenters. The first-order chi connectivity index (χ1) is 9.02. The molecule has 1 aromatic rings. The van der Waals surface area contributed by atoms with Gasteiger partial charge in [0.05, 0.1) is 11.7 Å². The molecule has 7 nitrogen and oxygen atoms in total. The van der Waals surface area contributed by atoms with Crippen LogP contribution in [0.15, 0.2) is 24.4 Å². The Kier molecular flexibility index (Phi) is 4.46. The molecule has 19 heavy (non-hydrogen) atoms. The van der Waals surface area contributed by atoms with Crippen LogP contribution in [0.3, 0.4) is 0 Å². The lowest BCUT2D eigenvalue weighted by Crippen LogP contribution is -2.67. The third-order valence-electron chi connectivity index (χ3n) is 3.38. The Bertz CT molecular complexity index is 388. The lowest BCUT2D eigenvalue weighted by molar-refractivity contribution is -0.190. The highest BCUT2D eigenvalue weighted by Gasteiger charge is 2.47. The standard InChI is InChI=1S/C12H18N2O5/c15-8-7(9(16)11(18)12(19)10(8)17)14-5-6-3-1-2-4-13-6/h1-4,7-12,14-19H,5H2/t7?,8-,9+,10+,11-,12?. The molecule has 106 valence electrons. The normalized spacial score (nSPS) is 39.2. The summed E-state index contributed by atoms with van der Waals surface area (Å²) in [7, 11) is 0. The highest BCUT2D eigenvalue weighted by molar-refractivity contribution is 5.06. The van der Waals surface area contributed by atoms with Crippen LogP contribution in [0.5, 0.6) is 0 Å². The molecule has 2 unspecified atom stereocenters. The summed E-state index contributed by atoms with van der Waals surface area (Å²) in [6.45, 7) is 0.259. The molecule has 1 heterocycles. The van der Waals surface area contributed by atoms with Gasteiger partial charge in [0, 0.05) is 12.7 Å². The van der Waals surface area contributed by atoms with Crippen molar-refractivity contribution in [1.82, 2.24) is 10.3 Å². The first-order valence-electron chi connectivity index (χ1n) is 6.06. The molecule has 1 fully saturated rings. The second kappa shape index (κ2) is 5.91. The molecule has 1 aliphatic rings. The van der Waals surface area contributed by atoms with E-state index in [4.69, 9.17) is 0 Å². The highest BCUT2D eigenvalue weighted by atomic mass is 16.4. The minimum atomic E-state index is -1.57. The Morgan fingerprint density at radius 2 is 1.47 bits per heavy atom. The summed E-state index contributed by atoms with van der Waals surface area (Å²) in [5.41, 5.74) is 0.692. The van der Waals surface area contributed by atoms with E-state index in [9.17, 15) is 25.5 Å². The van der Waals surface area contributed by atoms with Crippen molar-refractivity contribution >= 4 is 0 Å². The van der Waals surface area contributed by atoms with Gasteiger partial charge in [-0.25, -0.2) is 0 Å². The van der Waals surface area contributed by atoms with Gasteiger partial charge in [-0.05, 0) is 12.1 Å². The average Bonchev–Trinajstić information content (AvgIpc) is 2.44.